The third-order valence-electron chi connectivity index (χ3n) is 4.70. The van der Waals surface area contributed by atoms with Gasteiger partial charge in [-0.05, 0) is 18.6 Å². The number of thioether (sulfide) groups is 1. The molecular weight excluding hydrogens is 284 g/mol. The van der Waals surface area contributed by atoms with Gasteiger partial charge in [0.1, 0.15) is 0 Å². The number of hydrogen-bond acceptors (Lipinski definition) is 4. The Labute approximate surface area is 131 Å². The first kappa shape index (κ1) is 15.2. The van der Waals surface area contributed by atoms with Gasteiger partial charge in [0.25, 0.3) is 0 Å². The second-order valence-electron chi connectivity index (χ2n) is 6.24. The molecule has 0 aromatic rings. The van der Waals surface area contributed by atoms with Gasteiger partial charge in [-0.15, -0.1) is 0 Å². The molecule has 2 unspecified atom stereocenters. The van der Waals surface area contributed by atoms with Crippen molar-refractivity contribution < 1.29 is 5.11 Å². The zero-order valence-corrected chi connectivity index (χ0v) is 13.6. The predicted octanol–water partition coefficient (Wildman–Crippen LogP) is 0.376. The standard InChI is InChI=1S/C15H26N4OS/c1-16-14(17-11-15(20)5-9-21-12-15)19-8-4-13(10-19)18-6-2-3-7-18/h2-3,13,20H,4-12H2,1H3,(H,16,17). The Morgan fingerprint density at radius 1 is 1.48 bits per heavy atom. The van der Waals surface area contributed by atoms with E-state index in [4.69, 9.17) is 0 Å². The molecule has 0 amide bonds. The number of guanidine groups is 1. The molecule has 5 nitrogen and oxygen atoms in total. The number of hydrogen-bond donors (Lipinski definition) is 2. The summed E-state index contributed by atoms with van der Waals surface area (Å²) in [5, 5.41) is 13.8. The number of aliphatic imine (C=N–C) groups is 1. The molecular formula is C15H26N4OS. The van der Waals surface area contributed by atoms with Crippen LogP contribution in [0, 0.1) is 0 Å². The summed E-state index contributed by atoms with van der Waals surface area (Å²) in [5.74, 6) is 2.83. The number of rotatable bonds is 3. The average Bonchev–Trinajstić information content (AvgIpc) is 3.20. The summed E-state index contributed by atoms with van der Waals surface area (Å²) in [4.78, 5) is 9.25. The largest absolute Gasteiger partial charge is 0.387 e. The van der Waals surface area contributed by atoms with Gasteiger partial charge >= 0.3 is 0 Å². The molecule has 21 heavy (non-hydrogen) atoms. The van der Waals surface area contributed by atoms with Crippen LogP contribution >= 0.6 is 11.8 Å². The zero-order valence-electron chi connectivity index (χ0n) is 12.8. The van der Waals surface area contributed by atoms with Gasteiger partial charge in [0, 0.05) is 51.6 Å². The summed E-state index contributed by atoms with van der Waals surface area (Å²) in [5.41, 5.74) is -0.557. The predicted molar refractivity (Wildman–Crippen MR) is 88.9 cm³/mol. The lowest BCUT2D eigenvalue weighted by molar-refractivity contribution is 0.0718. The summed E-state index contributed by atoms with van der Waals surface area (Å²) in [6.07, 6.45) is 6.58. The second kappa shape index (κ2) is 6.58. The van der Waals surface area contributed by atoms with Crippen LogP contribution in [0.3, 0.4) is 0 Å². The average molecular weight is 310 g/mol. The summed E-state index contributed by atoms with van der Waals surface area (Å²) < 4.78 is 0. The molecule has 2 saturated heterocycles. The highest BCUT2D eigenvalue weighted by Gasteiger charge is 2.33. The molecule has 0 saturated carbocycles. The van der Waals surface area contributed by atoms with Crippen molar-refractivity contribution >= 4 is 17.7 Å². The Hall–Kier alpha value is -0.720. The Morgan fingerprint density at radius 3 is 2.95 bits per heavy atom. The first-order chi connectivity index (χ1) is 10.2. The maximum absolute atomic E-state index is 10.4. The SMILES string of the molecule is CN=C(NCC1(O)CCSC1)N1CCC(N2CC=CC2)C1. The van der Waals surface area contributed by atoms with Crippen molar-refractivity contribution in [2.75, 3.05) is 51.3 Å². The van der Waals surface area contributed by atoms with Crippen LogP contribution in [0.1, 0.15) is 12.8 Å². The van der Waals surface area contributed by atoms with Crippen molar-refractivity contribution in [1.29, 1.82) is 0 Å². The lowest BCUT2D eigenvalue weighted by atomic mass is 10.0. The Morgan fingerprint density at radius 2 is 2.29 bits per heavy atom. The van der Waals surface area contributed by atoms with Gasteiger partial charge in [-0.25, -0.2) is 0 Å². The van der Waals surface area contributed by atoms with Crippen LogP contribution in [0.25, 0.3) is 0 Å². The van der Waals surface area contributed by atoms with Gasteiger partial charge in [0.15, 0.2) is 5.96 Å². The first-order valence-corrected chi connectivity index (χ1v) is 9.00. The summed E-state index contributed by atoms with van der Waals surface area (Å²) in [6.45, 7) is 4.87. The van der Waals surface area contributed by atoms with Crippen molar-refractivity contribution in [3.8, 4) is 0 Å². The van der Waals surface area contributed by atoms with Crippen LogP contribution in [-0.4, -0.2) is 83.8 Å². The molecule has 2 N–H and O–H groups in total. The minimum absolute atomic E-state index is 0.557. The minimum Gasteiger partial charge on any atom is -0.387 e. The van der Waals surface area contributed by atoms with Gasteiger partial charge < -0.3 is 15.3 Å². The van der Waals surface area contributed by atoms with Crippen molar-refractivity contribution in [2.45, 2.75) is 24.5 Å². The number of likely N-dealkylation sites (tertiary alicyclic amines) is 1. The Kier molecular flexibility index (Phi) is 4.76. The topological polar surface area (TPSA) is 51.1 Å². The molecule has 0 spiro atoms. The summed E-state index contributed by atoms with van der Waals surface area (Å²) in [6, 6.07) is 0.628. The van der Waals surface area contributed by atoms with Crippen LogP contribution in [0.15, 0.2) is 17.1 Å². The molecule has 2 fully saturated rings. The molecule has 0 bridgehead atoms. The van der Waals surface area contributed by atoms with Gasteiger partial charge in [0.2, 0.25) is 0 Å². The summed E-state index contributed by atoms with van der Waals surface area (Å²) in [7, 11) is 1.83. The minimum atomic E-state index is -0.557. The van der Waals surface area contributed by atoms with Gasteiger partial charge in [-0.2, -0.15) is 11.8 Å². The van der Waals surface area contributed by atoms with Crippen molar-refractivity contribution in [1.82, 2.24) is 15.1 Å². The van der Waals surface area contributed by atoms with Crippen LogP contribution in [0.2, 0.25) is 0 Å². The third-order valence-corrected chi connectivity index (χ3v) is 5.93. The van der Waals surface area contributed by atoms with Crippen molar-refractivity contribution in [2.24, 2.45) is 4.99 Å². The van der Waals surface area contributed by atoms with Crippen molar-refractivity contribution in [3.63, 3.8) is 0 Å². The van der Waals surface area contributed by atoms with Crippen molar-refractivity contribution in [3.05, 3.63) is 12.2 Å². The lowest BCUT2D eigenvalue weighted by Gasteiger charge is -2.28. The smallest absolute Gasteiger partial charge is 0.193 e. The maximum atomic E-state index is 10.4. The van der Waals surface area contributed by atoms with E-state index in [2.05, 4.69) is 32.3 Å². The van der Waals surface area contributed by atoms with Gasteiger partial charge in [0.05, 0.1) is 5.60 Å². The quantitative estimate of drug-likeness (QED) is 0.448. The molecule has 0 radical (unpaired) electrons. The molecule has 3 heterocycles. The number of nitrogens with zero attached hydrogens (tertiary/aromatic N) is 3. The number of aliphatic hydroxyl groups is 1. The second-order valence-corrected chi connectivity index (χ2v) is 7.35. The highest BCUT2D eigenvalue weighted by molar-refractivity contribution is 7.99. The van der Waals surface area contributed by atoms with E-state index < -0.39 is 5.60 Å². The zero-order chi connectivity index (χ0) is 14.7. The van der Waals surface area contributed by atoms with E-state index in [0.717, 1.165) is 50.1 Å². The van der Waals surface area contributed by atoms with Gasteiger partial charge in [-0.1, -0.05) is 12.2 Å². The van der Waals surface area contributed by atoms with E-state index in [1.54, 1.807) is 0 Å². The van der Waals surface area contributed by atoms with E-state index in [9.17, 15) is 5.11 Å². The van der Waals surface area contributed by atoms with Crippen LogP contribution in [-0.2, 0) is 0 Å². The highest BCUT2D eigenvalue weighted by atomic mass is 32.2. The van der Waals surface area contributed by atoms with E-state index >= 15 is 0 Å². The molecule has 118 valence electrons. The Balaban J connectivity index is 1.50. The fourth-order valence-corrected chi connectivity index (χ4v) is 4.63. The van der Waals surface area contributed by atoms with Gasteiger partial charge in [-0.3, -0.25) is 9.89 Å². The molecule has 0 aromatic carbocycles. The van der Waals surface area contributed by atoms with E-state index in [1.807, 2.05) is 18.8 Å². The number of nitrogens with one attached hydrogen (secondary N) is 1. The third kappa shape index (κ3) is 3.55. The van der Waals surface area contributed by atoms with Crippen LogP contribution in [0.5, 0.6) is 0 Å². The van der Waals surface area contributed by atoms with E-state index in [1.165, 1.54) is 6.42 Å². The monoisotopic (exact) mass is 310 g/mol. The molecule has 0 aliphatic carbocycles. The summed E-state index contributed by atoms with van der Waals surface area (Å²) >= 11 is 1.83. The normalized spacial score (nSPS) is 34.1. The molecule has 3 aliphatic heterocycles. The fraction of sp³-hybridized carbons (Fsp3) is 0.800. The Bertz CT molecular complexity index is 412. The van der Waals surface area contributed by atoms with Crippen LogP contribution < -0.4 is 5.32 Å². The fourth-order valence-electron chi connectivity index (χ4n) is 3.34. The van der Waals surface area contributed by atoms with E-state index in [0.29, 0.717) is 12.6 Å². The molecule has 6 heteroatoms. The van der Waals surface area contributed by atoms with Crippen LogP contribution in [0.4, 0.5) is 0 Å². The maximum Gasteiger partial charge on any atom is 0.193 e. The molecule has 3 rings (SSSR count). The molecule has 0 aromatic heterocycles. The molecule has 2 atom stereocenters. The van der Waals surface area contributed by atoms with E-state index in [-0.39, 0.29) is 0 Å². The molecule has 3 aliphatic rings. The lowest BCUT2D eigenvalue weighted by Crippen LogP contribution is -2.49. The highest BCUT2D eigenvalue weighted by Crippen LogP contribution is 2.27. The first-order valence-electron chi connectivity index (χ1n) is 7.85.